The van der Waals surface area contributed by atoms with Gasteiger partial charge in [-0.25, -0.2) is 0 Å². The van der Waals surface area contributed by atoms with Crippen LogP contribution >= 0.6 is 0 Å². The van der Waals surface area contributed by atoms with E-state index in [9.17, 15) is 9.59 Å². The van der Waals surface area contributed by atoms with Crippen LogP contribution in [0.3, 0.4) is 0 Å². The Morgan fingerprint density at radius 3 is 2.39 bits per heavy atom. The van der Waals surface area contributed by atoms with E-state index in [1.54, 1.807) is 49.6 Å². The molecule has 1 amide bonds. The topological polar surface area (TPSA) is 92.1 Å². The number of nitriles is 1. The van der Waals surface area contributed by atoms with Crippen molar-refractivity contribution in [3.05, 3.63) is 89.7 Å². The van der Waals surface area contributed by atoms with E-state index < -0.39 is 17.9 Å². The van der Waals surface area contributed by atoms with Crippen molar-refractivity contribution in [3.8, 4) is 17.2 Å². The maximum atomic E-state index is 12.8. The van der Waals surface area contributed by atoms with E-state index in [1.165, 1.54) is 7.11 Å². The summed E-state index contributed by atoms with van der Waals surface area (Å²) in [6.07, 6.45) is 3.79. The van der Waals surface area contributed by atoms with Crippen LogP contribution in [0.5, 0.6) is 0 Å². The monoisotopic (exact) mass is 413 g/mol. The van der Waals surface area contributed by atoms with E-state index >= 15 is 0 Å². The van der Waals surface area contributed by atoms with Crippen LogP contribution in [0, 0.1) is 17.2 Å². The molecule has 2 unspecified atom stereocenters. The zero-order valence-corrected chi connectivity index (χ0v) is 17.4. The Bertz CT molecular complexity index is 1090. The molecule has 2 aromatic carbocycles. The molecule has 0 spiro atoms. The summed E-state index contributed by atoms with van der Waals surface area (Å²) in [6.45, 7) is 1.78. The first kappa shape index (κ1) is 21.7. The first-order chi connectivity index (χ1) is 15.0. The van der Waals surface area contributed by atoms with E-state index in [2.05, 4.69) is 16.4 Å². The van der Waals surface area contributed by atoms with Gasteiger partial charge in [-0.3, -0.25) is 14.6 Å². The average molecular weight is 413 g/mol. The lowest BCUT2D eigenvalue weighted by molar-refractivity contribution is -0.146. The summed E-state index contributed by atoms with van der Waals surface area (Å²) in [6, 6.07) is 19.8. The number of amides is 1. The van der Waals surface area contributed by atoms with Crippen LogP contribution in [-0.4, -0.2) is 30.0 Å². The van der Waals surface area contributed by atoms with Crippen molar-refractivity contribution in [3.63, 3.8) is 0 Å². The second-order valence-corrected chi connectivity index (χ2v) is 7.22. The minimum Gasteiger partial charge on any atom is -0.469 e. The summed E-state index contributed by atoms with van der Waals surface area (Å²) < 4.78 is 4.95. The molecule has 3 aromatic rings. The highest BCUT2D eigenvalue weighted by Gasteiger charge is 2.28. The highest BCUT2D eigenvalue weighted by molar-refractivity contribution is 5.95. The molecule has 0 saturated carbocycles. The van der Waals surface area contributed by atoms with Gasteiger partial charge >= 0.3 is 5.97 Å². The Morgan fingerprint density at radius 2 is 1.74 bits per heavy atom. The Morgan fingerprint density at radius 1 is 1.06 bits per heavy atom. The second kappa shape index (κ2) is 10.2. The van der Waals surface area contributed by atoms with Gasteiger partial charge in [0, 0.05) is 24.0 Å². The largest absolute Gasteiger partial charge is 0.469 e. The molecule has 6 heteroatoms. The van der Waals surface area contributed by atoms with Crippen molar-refractivity contribution in [2.45, 2.75) is 19.4 Å². The first-order valence-electron chi connectivity index (χ1n) is 9.90. The molecule has 0 radical (unpaired) electrons. The van der Waals surface area contributed by atoms with Crippen molar-refractivity contribution in [1.29, 1.82) is 5.26 Å². The summed E-state index contributed by atoms with van der Waals surface area (Å²) in [5.41, 5.74) is 3.85. The SMILES string of the molecule is COC(=O)C(Cc1cccc(C#N)c1)C(C)NC(=O)c1ccc(-c2ccncc2)cc1. The van der Waals surface area contributed by atoms with Crippen LogP contribution in [0.25, 0.3) is 11.1 Å². The van der Waals surface area contributed by atoms with Gasteiger partial charge in [0.15, 0.2) is 0 Å². The van der Waals surface area contributed by atoms with Crippen LogP contribution < -0.4 is 5.32 Å². The van der Waals surface area contributed by atoms with Crippen LogP contribution in [0.15, 0.2) is 73.1 Å². The molecule has 1 N–H and O–H groups in total. The standard InChI is InChI=1S/C25H23N3O3/c1-17(23(25(30)31-2)15-18-4-3-5-19(14-18)16-26)28-24(29)22-8-6-20(7-9-22)21-10-12-27-13-11-21/h3-14,17,23H,15H2,1-2H3,(H,28,29). The molecule has 0 aliphatic heterocycles. The van der Waals surface area contributed by atoms with Gasteiger partial charge in [0.05, 0.1) is 24.7 Å². The van der Waals surface area contributed by atoms with E-state index in [1.807, 2.05) is 30.3 Å². The average Bonchev–Trinajstić information content (AvgIpc) is 2.82. The van der Waals surface area contributed by atoms with Gasteiger partial charge in [-0.15, -0.1) is 0 Å². The molecule has 31 heavy (non-hydrogen) atoms. The molecule has 1 aromatic heterocycles. The Labute approximate surface area is 181 Å². The fraction of sp³-hybridized carbons (Fsp3) is 0.200. The number of pyridine rings is 1. The number of rotatable bonds is 7. The maximum Gasteiger partial charge on any atom is 0.311 e. The van der Waals surface area contributed by atoms with E-state index in [4.69, 9.17) is 10.00 Å². The smallest absolute Gasteiger partial charge is 0.311 e. The molecule has 1 heterocycles. The van der Waals surface area contributed by atoms with E-state index in [0.717, 1.165) is 16.7 Å². The number of hydrogen-bond acceptors (Lipinski definition) is 5. The molecule has 156 valence electrons. The van der Waals surface area contributed by atoms with Crippen molar-refractivity contribution in [2.75, 3.05) is 7.11 Å². The van der Waals surface area contributed by atoms with Gasteiger partial charge in [-0.2, -0.15) is 5.26 Å². The van der Waals surface area contributed by atoms with Gasteiger partial charge in [0.2, 0.25) is 0 Å². The molecule has 0 aliphatic rings. The molecular weight excluding hydrogens is 390 g/mol. The third-order valence-electron chi connectivity index (χ3n) is 5.14. The first-order valence-corrected chi connectivity index (χ1v) is 9.90. The maximum absolute atomic E-state index is 12.8. The Kier molecular flexibility index (Phi) is 7.13. The summed E-state index contributed by atoms with van der Waals surface area (Å²) in [5, 5.41) is 12.0. The summed E-state index contributed by atoms with van der Waals surface area (Å²) in [7, 11) is 1.33. The molecule has 0 saturated heterocycles. The zero-order chi connectivity index (χ0) is 22.2. The number of nitrogens with one attached hydrogen (secondary N) is 1. The lowest BCUT2D eigenvalue weighted by atomic mass is 9.92. The summed E-state index contributed by atoms with van der Waals surface area (Å²) >= 11 is 0. The second-order valence-electron chi connectivity index (χ2n) is 7.22. The van der Waals surface area contributed by atoms with Gasteiger partial charge in [-0.05, 0) is 66.4 Å². The third kappa shape index (κ3) is 5.55. The van der Waals surface area contributed by atoms with Crippen LogP contribution in [0.4, 0.5) is 0 Å². The quantitative estimate of drug-likeness (QED) is 0.595. The number of hydrogen-bond donors (Lipinski definition) is 1. The number of esters is 1. The van der Waals surface area contributed by atoms with Gasteiger partial charge < -0.3 is 10.1 Å². The predicted molar refractivity (Wildman–Crippen MR) is 117 cm³/mol. The van der Waals surface area contributed by atoms with Crippen molar-refractivity contribution >= 4 is 11.9 Å². The normalized spacial score (nSPS) is 12.3. The van der Waals surface area contributed by atoms with Crippen molar-refractivity contribution < 1.29 is 14.3 Å². The lowest BCUT2D eigenvalue weighted by Crippen LogP contribution is -2.42. The van der Waals surface area contributed by atoms with Crippen molar-refractivity contribution in [2.24, 2.45) is 5.92 Å². The minimum absolute atomic E-state index is 0.270. The highest BCUT2D eigenvalue weighted by Crippen LogP contribution is 2.20. The summed E-state index contributed by atoms with van der Waals surface area (Å²) in [5.74, 6) is -1.27. The van der Waals surface area contributed by atoms with Gasteiger partial charge in [0.1, 0.15) is 0 Å². The molecule has 0 fully saturated rings. The zero-order valence-electron chi connectivity index (χ0n) is 17.4. The number of aromatic nitrogens is 1. The summed E-state index contributed by atoms with van der Waals surface area (Å²) in [4.78, 5) is 29.2. The molecule has 2 atom stereocenters. The highest BCUT2D eigenvalue weighted by atomic mass is 16.5. The number of carbonyl (C=O) groups excluding carboxylic acids is 2. The molecule has 0 bridgehead atoms. The number of carbonyl (C=O) groups is 2. The minimum atomic E-state index is -0.584. The fourth-order valence-electron chi connectivity index (χ4n) is 3.39. The molecule has 3 rings (SSSR count). The fourth-order valence-corrected chi connectivity index (χ4v) is 3.39. The number of ether oxygens (including phenoxy) is 1. The van der Waals surface area contributed by atoms with Crippen LogP contribution in [-0.2, 0) is 16.0 Å². The number of benzene rings is 2. The van der Waals surface area contributed by atoms with Gasteiger partial charge in [-0.1, -0.05) is 24.3 Å². The molecule has 6 nitrogen and oxygen atoms in total. The van der Waals surface area contributed by atoms with Crippen LogP contribution in [0.2, 0.25) is 0 Å². The Balaban J connectivity index is 1.71. The molecular formula is C25H23N3O3. The van der Waals surface area contributed by atoms with Crippen molar-refractivity contribution in [1.82, 2.24) is 10.3 Å². The number of nitrogens with zero attached hydrogens (tertiary/aromatic N) is 2. The van der Waals surface area contributed by atoms with Gasteiger partial charge in [0.25, 0.3) is 5.91 Å². The predicted octanol–water partition coefficient (Wildman–Crippen LogP) is 3.77. The lowest BCUT2D eigenvalue weighted by Gasteiger charge is -2.23. The Hall–Kier alpha value is -3.98. The molecule has 0 aliphatic carbocycles. The van der Waals surface area contributed by atoms with E-state index in [-0.39, 0.29) is 5.91 Å². The van der Waals surface area contributed by atoms with Crippen LogP contribution in [0.1, 0.15) is 28.4 Å². The third-order valence-corrected chi connectivity index (χ3v) is 5.14. The van der Waals surface area contributed by atoms with E-state index in [0.29, 0.717) is 17.5 Å². The number of methoxy groups -OCH3 is 1.